The summed E-state index contributed by atoms with van der Waals surface area (Å²) in [7, 11) is -4.08. The van der Waals surface area contributed by atoms with Crippen molar-refractivity contribution in [1.82, 2.24) is 19.6 Å². The van der Waals surface area contributed by atoms with Crippen molar-refractivity contribution in [3.63, 3.8) is 0 Å². The van der Waals surface area contributed by atoms with Crippen molar-refractivity contribution in [1.29, 1.82) is 0 Å². The molecule has 2 unspecified atom stereocenters. The Bertz CT molecular complexity index is 1400. The number of aromatic nitrogens is 2. The number of nitrogens with zero attached hydrogens (tertiary/aromatic N) is 3. The van der Waals surface area contributed by atoms with E-state index in [4.69, 9.17) is 0 Å². The molecule has 1 fully saturated rings. The number of amides is 1. The fourth-order valence-electron chi connectivity index (χ4n) is 4.10. The van der Waals surface area contributed by atoms with E-state index in [9.17, 15) is 35.2 Å². The molecule has 1 aliphatic rings. The number of hydrogen-bond acceptors (Lipinski definition) is 5. The predicted molar refractivity (Wildman–Crippen MR) is 122 cm³/mol. The zero-order chi connectivity index (χ0) is 27.0. The Hall–Kier alpha value is -3.45. The second-order valence-electron chi connectivity index (χ2n) is 8.74. The minimum atomic E-state index is -4.72. The van der Waals surface area contributed by atoms with Crippen molar-refractivity contribution in [2.45, 2.75) is 37.0 Å². The molecule has 7 nitrogen and oxygen atoms in total. The molecule has 0 radical (unpaired) electrons. The van der Waals surface area contributed by atoms with Gasteiger partial charge < -0.3 is 5.32 Å². The van der Waals surface area contributed by atoms with Gasteiger partial charge in [-0.25, -0.2) is 27.2 Å². The summed E-state index contributed by atoms with van der Waals surface area (Å²) in [6.07, 6.45) is -2.62. The predicted octanol–water partition coefficient (Wildman–Crippen LogP) is 4.16. The lowest BCUT2D eigenvalue weighted by Gasteiger charge is -2.23. The molecule has 2 atom stereocenters. The van der Waals surface area contributed by atoms with E-state index >= 15 is 0 Å². The van der Waals surface area contributed by atoms with Gasteiger partial charge in [-0.3, -0.25) is 4.79 Å². The molecule has 1 N–H and O–H groups in total. The van der Waals surface area contributed by atoms with E-state index in [1.54, 1.807) is 6.92 Å². The first kappa shape index (κ1) is 26.6. The number of benzene rings is 2. The normalized spacial score (nSPS) is 18.6. The van der Waals surface area contributed by atoms with Crippen LogP contribution in [0.2, 0.25) is 0 Å². The van der Waals surface area contributed by atoms with Crippen molar-refractivity contribution in [3.05, 3.63) is 77.9 Å². The molecule has 0 aliphatic carbocycles. The molecular weight excluding hydrogens is 519 g/mol. The van der Waals surface area contributed by atoms with Gasteiger partial charge in [-0.05, 0) is 65.9 Å². The van der Waals surface area contributed by atoms with Crippen LogP contribution in [0, 0.1) is 17.6 Å². The number of rotatable bonds is 6. The monoisotopic (exact) mass is 540 g/mol. The molecule has 1 saturated heterocycles. The Morgan fingerprint density at radius 3 is 2.30 bits per heavy atom. The second kappa shape index (κ2) is 10.1. The maximum atomic E-state index is 14.2. The third kappa shape index (κ3) is 5.93. The summed E-state index contributed by atoms with van der Waals surface area (Å²) in [5.74, 6) is -3.34. The van der Waals surface area contributed by atoms with Crippen molar-refractivity contribution in [2.75, 3.05) is 6.54 Å². The highest BCUT2D eigenvalue weighted by Gasteiger charge is 2.42. The average molecular weight is 541 g/mol. The number of nitrogens with one attached hydrogen (secondary N) is 1. The van der Waals surface area contributed by atoms with Gasteiger partial charge in [-0.2, -0.15) is 17.5 Å². The quantitative estimate of drug-likeness (QED) is 0.475. The second-order valence-corrected chi connectivity index (χ2v) is 10.6. The highest BCUT2D eigenvalue weighted by atomic mass is 32.2. The van der Waals surface area contributed by atoms with Crippen molar-refractivity contribution in [3.8, 4) is 11.1 Å². The molecule has 1 aliphatic heterocycles. The van der Waals surface area contributed by atoms with Crippen LogP contribution in [-0.4, -0.2) is 41.2 Å². The zero-order valence-electron chi connectivity index (χ0n) is 19.3. The SMILES string of the molecule is CC1CC(C(=O)NCc2cc(F)cc(-c3cnc(C(F)(F)F)nc3)c2)N(S(=O)(=O)c2ccc(F)cc2)C1. The molecule has 0 bridgehead atoms. The van der Waals surface area contributed by atoms with E-state index < -0.39 is 45.6 Å². The van der Waals surface area contributed by atoms with Crippen molar-refractivity contribution >= 4 is 15.9 Å². The van der Waals surface area contributed by atoms with Gasteiger partial charge in [0.1, 0.15) is 17.7 Å². The minimum Gasteiger partial charge on any atom is -0.351 e. The Morgan fingerprint density at radius 1 is 1.03 bits per heavy atom. The molecule has 0 spiro atoms. The van der Waals surface area contributed by atoms with Crippen LogP contribution in [0.5, 0.6) is 0 Å². The van der Waals surface area contributed by atoms with Gasteiger partial charge in [0.05, 0.1) is 4.90 Å². The Labute approximate surface area is 209 Å². The highest BCUT2D eigenvalue weighted by Crippen LogP contribution is 2.30. The standard InChI is InChI=1S/C24H21F5N4O3S/c1-14-6-21(33(13-14)37(35,36)20-4-2-18(25)3-5-20)22(34)30-10-15-7-16(9-19(26)8-15)17-11-31-23(32-12-17)24(27,28)29/h2-5,7-9,11-12,14,21H,6,10,13H2,1H3,(H,30,34). The third-order valence-electron chi connectivity index (χ3n) is 5.85. The molecule has 3 aromatic rings. The smallest absolute Gasteiger partial charge is 0.351 e. The summed E-state index contributed by atoms with van der Waals surface area (Å²) >= 11 is 0. The van der Waals surface area contributed by atoms with E-state index in [1.165, 1.54) is 6.07 Å². The minimum absolute atomic E-state index is 0.0931. The molecule has 13 heteroatoms. The molecular formula is C24H21F5N4O3S. The van der Waals surface area contributed by atoms with Gasteiger partial charge in [0.25, 0.3) is 0 Å². The fourth-order valence-corrected chi connectivity index (χ4v) is 5.82. The molecule has 196 valence electrons. The average Bonchev–Trinajstić information content (AvgIpc) is 3.25. The maximum absolute atomic E-state index is 14.2. The maximum Gasteiger partial charge on any atom is 0.451 e. The van der Waals surface area contributed by atoms with Crippen LogP contribution in [-0.2, 0) is 27.5 Å². The first-order chi connectivity index (χ1) is 17.3. The molecule has 1 aromatic heterocycles. The fraction of sp³-hybridized carbons (Fsp3) is 0.292. The summed E-state index contributed by atoms with van der Waals surface area (Å²) in [6, 6.07) is 6.95. The van der Waals surface area contributed by atoms with Crippen LogP contribution < -0.4 is 5.32 Å². The lowest BCUT2D eigenvalue weighted by molar-refractivity contribution is -0.145. The van der Waals surface area contributed by atoms with E-state index in [1.807, 2.05) is 0 Å². The molecule has 2 heterocycles. The van der Waals surface area contributed by atoms with Crippen LogP contribution in [0.1, 0.15) is 24.7 Å². The lowest BCUT2D eigenvalue weighted by Crippen LogP contribution is -2.45. The summed E-state index contributed by atoms with van der Waals surface area (Å²) in [5, 5.41) is 2.61. The van der Waals surface area contributed by atoms with Gasteiger partial charge in [-0.15, -0.1) is 0 Å². The van der Waals surface area contributed by atoms with Crippen LogP contribution >= 0.6 is 0 Å². The number of sulfonamides is 1. The summed E-state index contributed by atoms with van der Waals surface area (Å²) in [6.45, 7) is 1.72. The molecule has 37 heavy (non-hydrogen) atoms. The largest absolute Gasteiger partial charge is 0.451 e. The topological polar surface area (TPSA) is 92.3 Å². The van der Waals surface area contributed by atoms with Crippen LogP contribution in [0.15, 0.2) is 59.8 Å². The number of carbonyl (C=O) groups excluding carboxylic acids is 1. The zero-order valence-corrected chi connectivity index (χ0v) is 20.2. The number of alkyl halides is 3. The molecule has 2 aromatic carbocycles. The first-order valence-electron chi connectivity index (χ1n) is 11.1. The molecule has 1 amide bonds. The highest BCUT2D eigenvalue weighted by molar-refractivity contribution is 7.89. The van der Waals surface area contributed by atoms with Gasteiger partial charge in [-0.1, -0.05) is 6.92 Å². The summed E-state index contributed by atoms with van der Waals surface area (Å²) in [4.78, 5) is 19.4. The first-order valence-corrected chi connectivity index (χ1v) is 12.5. The number of carbonyl (C=O) groups is 1. The molecule has 0 saturated carbocycles. The van der Waals surface area contributed by atoms with E-state index in [0.29, 0.717) is 5.56 Å². The summed E-state index contributed by atoms with van der Waals surface area (Å²) in [5.41, 5.74) is 0.636. The number of halogens is 5. The van der Waals surface area contributed by atoms with Gasteiger partial charge in [0.15, 0.2) is 0 Å². The van der Waals surface area contributed by atoms with Gasteiger partial charge in [0.2, 0.25) is 21.8 Å². The van der Waals surface area contributed by atoms with E-state index in [-0.39, 0.29) is 41.5 Å². The van der Waals surface area contributed by atoms with Gasteiger partial charge in [0, 0.05) is 31.0 Å². The Balaban J connectivity index is 1.50. The van der Waals surface area contributed by atoms with E-state index in [0.717, 1.165) is 53.1 Å². The van der Waals surface area contributed by atoms with E-state index in [2.05, 4.69) is 15.3 Å². The van der Waals surface area contributed by atoms with Crippen LogP contribution in [0.4, 0.5) is 22.0 Å². The van der Waals surface area contributed by atoms with Crippen LogP contribution in [0.3, 0.4) is 0 Å². The Morgan fingerprint density at radius 2 is 1.68 bits per heavy atom. The number of hydrogen-bond donors (Lipinski definition) is 1. The lowest BCUT2D eigenvalue weighted by atomic mass is 10.0. The van der Waals surface area contributed by atoms with Crippen LogP contribution in [0.25, 0.3) is 11.1 Å². The van der Waals surface area contributed by atoms with Crippen molar-refractivity contribution in [2.24, 2.45) is 5.92 Å². The van der Waals surface area contributed by atoms with Crippen molar-refractivity contribution < 1.29 is 35.2 Å². The summed E-state index contributed by atoms with van der Waals surface area (Å²) < 4.78 is 92.9. The Kier molecular flexibility index (Phi) is 7.29. The third-order valence-corrected chi connectivity index (χ3v) is 7.74. The molecule has 4 rings (SSSR count). The van der Waals surface area contributed by atoms with Gasteiger partial charge >= 0.3 is 6.18 Å².